The Morgan fingerprint density at radius 3 is 2.57 bits per heavy atom. The molecule has 0 fully saturated rings. The number of fused-ring (bicyclic) bond motifs is 3. The summed E-state index contributed by atoms with van der Waals surface area (Å²) in [5.41, 5.74) is 1.30. The van der Waals surface area contributed by atoms with Crippen molar-refractivity contribution < 1.29 is 14.6 Å². The first-order valence-electron chi connectivity index (χ1n) is 8.41. The van der Waals surface area contributed by atoms with Gasteiger partial charge in [-0.2, -0.15) is 0 Å². The fourth-order valence-corrected chi connectivity index (χ4v) is 4.42. The third-order valence-corrected chi connectivity index (χ3v) is 5.70. The fraction of sp³-hybridized carbons (Fsp3) is 0.167. The molecule has 28 heavy (non-hydrogen) atoms. The normalized spacial score (nSPS) is 13.7. The lowest BCUT2D eigenvalue weighted by Gasteiger charge is -2.23. The van der Waals surface area contributed by atoms with Gasteiger partial charge in [0, 0.05) is 54.0 Å². The number of hydrogen-bond donors (Lipinski definition) is 1. The number of nitro benzene ring substituents is 2. The number of nitrogens with zero attached hydrogens (tertiary/aromatic N) is 3. The minimum Gasteiger partial charge on any atom is -0.364 e. The molecule has 0 bridgehead atoms. The summed E-state index contributed by atoms with van der Waals surface area (Å²) in [7, 11) is 0. The number of carbonyl (C=O) groups excluding carboxylic acids is 1. The Bertz CT molecular complexity index is 1130. The van der Waals surface area contributed by atoms with Gasteiger partial charge in [0.05, 0.1) is 15.5 Å². The van der Waals surface area contributed by atoms with E-state index in [-0.39, 0.29) is 17.3 Å². The zero-order valence-corrected chi connectivity index (χ0v) is 15.3. The number of rotatable bonds is 4. The van der Waals surface area contributed by atoms with Crippen molar-refractivity contribution >= 4 is 44.4 Å². The molecule has 1 aliphatic rings. The molecule has 1 aromatic heterocycles. The maximum absolute atomic E-state index is 12.5. The Kier molecular flexibility index (Phi) is 4.40. The highest BCUT2D eigenvalue weighted by Crippen LogP contribution is 2.41. The number of non-ortho nitro benzene ring substituents is 2. The molecule has 2 aromatic carbocycles. The van der Waals surface area contributed by atoms with Crippen molar-refractivity contribution in [1.29, 1.82) is 0 Å². The molecule has 4 rings (SSSR count). The van der Waals surface area contributed by atoms with Crippen LogP contribution in [-0.4, -0.2) is 28.8 Å². The number of benzene rings is 2. The third-order valence-electron chi connectivity index (χ3n) is 4.54. The second kappa shape index (κ2) is 6.89. The molecule has 10 heteroatoms. The van der Waals surface area contributed by atoms with E-state index in [2.05, 4.69) is 5.32 Å². The zero-order valence-electron chi connectivity index (χ0n) is 14.5. The van der Waals surface area contributed by atoms with Crippen molar-refractivity contribution in [1.82, 2.24) is 5.32 Å². The lowest BCUT2D eigenvalue weighted by atomic mass is 10.1. The lowest BCUT2D eigenvalue weighted by Crippen LogP contribution is -2.29. The van der Waals surface area contributed by atoms with E-state index in [0.717, 1.165) is 10.3 Å². The maximum Gasteiger partial charge on any atom is 0.270 e. The molecule has 0 saturated heterocycles. The molecule has 0 saturated carbocycles. The van der Waals surface area contributed by atoms with Crippen LogP contribution in [0.3, 0.4) is 0 Å². The standard InChI is InChI=1S/C18H14N4O5S/c23-18-17-16(14-9-13(22(26)27)4-5-15(14)28-17)20(7-6-19-18)10-11-2-1-3-12(8-11)21(24)25/h1-5,8-9H,6-7,10H2,(H,19,23). The van der Waals surface area contributed by atoms with Gasteiger partial charge < -0.3 is 10.2 Å². The first-order valence-corrected chi connectivity index (χ1v) is 9.23. The Morgan fingerprint density at radius 2 is 1.82 bits per heavy atom. The van der Waals surface area contributed by atoms with Crippen molar-refractivity contribution in [2.24, 2.45) is 0 Å². The molecule has 3 aromatic rings. The summed E-state index contributed by atoms with van der Waals surface area (Å²) in [4.78, 5) is 36.2. The van der Waals surface area contributed by atoms with Crippen LogP contribution in [0.1, 0.15) is 15.2 Å². The fourth-order valence-electron chi connectivity index (χ4n) is 3.30. The Hall–Kier alpha value is -3.53. The summed E-state index contributed by atoms with van der Waals surface area (Å²) < 4.78 is 0.775. The van der Waals surface area contributed by atoms with Crippen LogP contribution in [-0.2, 0) is 6.54 Å². The first-order chi connectivity index (χ1) is 13.4. The lowest BCUT2D eigenvalue weighted by molar-refractivity contribution is -0.385. The SMILES string of the molecule is O=C1NCCN(Cc2cccc([N+](=O)[O-])c2)c2c1sc1ccc([N+](=O)[O-])cc21. The minimum absolute atomic E-state index is 0.00689. The number of hydrogen-bond acceptors (Lipinski definition) is 7. The van der Waals surface area contributed by atoms with Gasteiger partial charge in [0.15, 0.2) is 0 Å². The van der Waals surface area contributed by atoms with Gasteiger partial charge in [0.2, 0.25) is 0 Å². The summed E-state index contributed by atoms with van der Waals surface area (Å²) in [5, 5.41) is 25.7. The predicted octanol–water partition coefficient (Wildman–Crippen LogP) is 3.47. The topological polar surface area (TPSA) is 119 Å². The smallest absolute Gasteiger partial charge is 0.270 e. The van der Waals surface area contributed by atoms with Crippen molar-refractivity contribution in [2.75, 3.05) is 18.0 Å². The summed E-state index contributed by atoms with van der Waals surface area (Å²) >= 11 is 1.28. The van der Waals surface area contributed by atoms with Crippen molar-refractivity contribution in [3.05, 3.63) is 73.1 Å². The van der Waals surface area contributed by atoms with E-state index in [4.69, 9.17) is 0 Å². The van der Waals surface area contributed by atoms with E-state index < -0.39 is 9.85 Å². The molecule has 1 amide bonds. The summed E-state index contributed by atoms with van der Waals surface area (Å²) in [6.45, 7) is 1.24. The van der Waals surface area contributed by atoms with E-state index in [1.807, 2.05) is 4.90 Å². The molecule has 0 atom stereocenters. The molecule has 1 N–H and O–H groups in total. The molecular formula is C18H14N4O5S. The van der Waals surface area contributed by atoms with Crippen LogP contribution in [0.5, 0.6) is 0 Å². The van der Waals surface area contributed by atoms with Crippen LogP contribution in [0.2, 0.25) is 0 Å². The van der Waals surface area contributed by atoms with Gasteiger partial charge in [0.1, 0.15) is 4.88 Å². The number of carbonyl (C=O) groups is 1. The van der Waals surface area contributed by atoms with Crippen LogP contribution in [0.4, 0.5) is 17.1 Å². The number of thiophene rings is 1. The molecule has 2 heterocycles. The number of amides is 1. The highest BCUT2D eigenvalue weighted by molar-refractivity contribution is 7.21. The monoisotopic (exact) mass is 398 g/mol. The zero-order chi connectivity index (χ0) is 19.8. The average Bonchev–Trinajstić information content (AvgIpc) is 2.98. The Balaban J connectivity index is 1.82. The van der Waals surface area contributed by atoms with E-state index in [9.17, 15) is 25.0 Å². The maximum atomic E-state index is 12.5. The van der Waals surface area contributed by atoms with Crippen LogP contribution in [0, 0.1) is 20.2 Å². The van der Waals surface area contributed by atoms with Gasteiger partial charge in [-0.3, -0.25) is 25.0 Å². The number of nitrogens with one attached hydrogen (secondary N) is 1. The van der Waals surface area contributed by atoms with E-state index in [1.54, 1.807) is 18.2 Å². The van der Waals surface area contributed by atoms with Crippen LogP contribution < -0.4 is 10.2 Å². The Labute approximate surface area is 162 Å². The van der Waals surface area contributed by atoms with E-state index >= 15 is 0 Å². The minimum atomic E-state index is -0.467. The van der Waals surface area contributed by atoms with Gasteiger partial charge in [-0.1, -0.05) is 12.1 Å². The molecule has 142 valence electrons. The van der Waals surface area contributed by atoms with Crippen molar-refractivity contribution in [3.63, 3.8) is 0 Å². The van der Waals surface area contributed by atoms with Gasteiger partial charge in [-0.15, -0.1) is 11.3 Å². The summed E-state index contributed by atoms with van der Waals surface area (Å²) in [6.07, 6.45) is 0. The Morgan fingerprint density at radius 1 is 1.07 bits per heavy atom. The van der Waals surface area contributed by atoms with Gasteiger partial charge in [-0.25, -0.2) is 0 Å². The van der Waals surface area contributed by atoms with Gasteiger partial charge in [0.25, 0.3) is 17.3 Å². The quantitative estimate of drug-likeness (QED) is 0.531. The number of nitro groups is 2. The third kappa shape index (κ3) is 3.14. The second-order valence-corrected chi connectivity index (χ2v) is 7.37. The highest BCUT2D eigenvalue weighted by atomic mass is 32.1. The van der Waals surface area contributed by atoms with Crippen molar-refractivity contribution in [3.8, 4) is 0 Å². The first kappa shape index (κ1) is 17.9. The van der Waals surface area contributed by atoms with Crippen LogP contribution in [0.15, 0.2) is 42.5 Å². The van der Waals surface area contributed by atoms with Gasteiger partial charge in [-0.05, 0) is 11.6 Å². The molecule has 0 spiro atoms. The predicted molar refractivity (Wildman–Crippen MR) is 105 cm³/mol. The van der Waals surface area contributed by atoms with Crippen LogP contribution >= 0.6 is 11.3 Å². The van der Waals surface area contributed by atoms with Crippen molar-refractivity contribution in [2.45, 2.75) is 6.54 Å². The molecular weight excluding hydrogens is 384 g/mol. The molecule has 0 aliphatic carbocycles. The molecule has 0 unspecified atom stereocenters. The number of anilines is 1. The molecule has 0 radical (unpaired) electrons. The highest BCUT2D eigenvalue weighted by Gasteiger charge is 2.27. The van der Waals surface area contributed by atoms with Crippen LogP contribution in [0.25, 0.3) is 10.1 Å². The summed E-state index contributed by atoms with van der Waals surface area (Å²) in [5.74, 6) is -0.222. The van der Waals surface area contributed by atoms with Gasteiger partial charge >= 0.3 is 0 Å². The second-order valence-electron chi connectivity index (χ2n) is 6.32. The van der Waals surface area contributed by atoms with E-state index in [1.165, 1.54) is 35.6 Å². The van der Waals surface area contributed by atoms with E-state index in [0.29, 0.717) is 35.6 Å². The summed E-state index contributed by atoms with van der Waals surface area (Å²) in [6, 6.07) is 10.9. The average molecular weight is 398 g/mol. The molecule has 9 nitrogen and oxygen atoms in total. The largest absolute Gasteiger partial charge is 0.364 e. The molecule has 1 aliphatic heterocycles.